The molecule has 0 spiro atoms. The molecule has 5 rings (SSSR count). The molecule has 1 aromatic heterocycles. The fourth-order valence-corrected chi connectivity index (χ4v) is 4.70. The molecule has 1 aliphatic rings. The second kappa shape index (κ2) is 12.6. The van der Waals surface area contributed by atoms with Crippen LogP contribution in [0, 0.1) is 18.8 Å². The Morgan fingerprint density at radius 3 is 2.36 bits per heavy atom. The zero-order valence-corrected chi connectivity index (χ0v) is 23.4. The third-order valence-corrected chi connectivity index (χ3v) is 7.22. The molecular formula is C33H30F3N5O. The summed E-state index contributed by atoms with van der Waals surface area (Å²) in [6.45, 7) is 5.10. The number of benzene rings is 3. The second-order valence-corrected chi connectivity index (χ2v) is 10.4. The maximum Gasteiger partial charge on any atom is 0.416 e. The highest BCUT2D eigenvalue weighted by molar-refractivity contribution is 6.04. The lowest BCUT2D eigenvalue weighted by Gasteiger charge is -2.33. The predicted molar refractivity (Wildman–Crippen MR) is 157 cm³/mol. The van der Waals surface area contributed by atoms with Gasteiger partial charge in [0, 0.05) is 55.1 Å². The number of carbonyl (C=O) groups excluding carboxylic acids is 1. The van der Waals surface area contributed by atoms with E-state index in [9.17, 15) is 18.0 Å². The highest BCUT2D eigenvalue weighted by atomic mass is 19.4. The van der Waals surface area contributed by atoms with Crippen molar-refractivity contribution in [2.75, 3.05) is 38.5 Å². The van der Waals surface area contributed by atoms with Crippen LogP contribution < -0.4 is 5.32 Å². The molecule has 6 nitrogen and oxygen atoms in total. The molecule has 9 heteroatoms. The number of aryl methyl sites for hydroxylation is 1. The lowest BCUT2D eigenvalue weighted by Crippen LogP contribution is -2.44. The number of carbonyl (C=O) groups is 1. The Balaban J connectivity index is 1.31. The minimum absolute atomic E-state index is 0.0800. The van der Waals surface area contributed by atoms with E-state index >= 15 is 0 Å². The number of hydrogen-bond donors (Lipinski definition) is 1. The maximum absolute atomic E-state index is 14.0. The van der Waals surface area contributed by atoms with E-state index in [0.717, 1.165) is 36.0 Å². The number of hydrogen-bond acceptors (Lipinski definition) is 5. The minimum Gasteiger partial charge on any atom is -0.322 e. The first kappa shape index (κ1) is 29.0. The first-order chi connectivity index (χ1) is 20.2. The van der Waals surface area contributed by atoms with Gasteiger partial charge in [0.05, 0.1) is 11.3 Å². The van der Waals surface area contributed by atoms with Crippen molar-refractivity contribution < 1.29 is 18.0 Å². The number of alkyl halides is 3. The van der Waals surface area contributed by atoms with E-state index in [1.165, 1.54) is 12.1 Å². The van der Waals surface area contributed by atoms with Gasteiger partial charge in [-0.2, -0.15) is 13.2 Å². The van der Waals surface area contributed by atoms with Gasteiger partial charge in [-0.05, 0) is 67.4 Å². The van der Waals surface area contributed by atoms with Crippen LogP contribution in [-0.2, 0) is 12.7 Å². The van der Waals surface area contributed by atoms with Crippen LogP contribution in [0.25, 0.3) is 11.3 Å². The van der Waals surface area contributed by atoms with Crippen molar-refractivity contribution in [2.45, 2.75) is 19.6 Å². The van der Waals surface area contributed by atoms with Crippen LogP contribution in [0.1, 0.15) is 38.3 Å². The molecule has 0 radical (unpaired) electrons. The molecule has 2 heterocycles. The number of amides is 1. The number of nitrogens with one attached hydrogen (secondary N) is 1. The number of likely N-dealkylation sites (N-methyl/N-ethyl adjacent to an activating group) is 1. The van der Waals surface area contributed by atoms with Gasteiger partial charge in [-0.1, -0.05) is 48.4 Å². The van der Waals surface area contributed by atoms with Crippen LogP contribution in [0.2, 0.25) is 0 Å². The van der Waals surface area contributed by atoms with Crippen LogP contribution in [0.4, 0.5) is 18.9 Å². The van der Waals surface area contributed by atoms with Gasteiger partial charge in [-0.3, -0.25) is 9.69 Å². The van der Waals surface area contributed by atoms with E-state index in [0.29, 0.717) is 24.3 Å². The number of piperazine rings is 1. The molecule has 214 valence electrons. The van der Waals surface area contributed by atoms with Gasteiger partial charge in [-0.25, -0.2) is 0 Å². The van der Waals surface area contributed by atoms with Crippen molar-refractivity contribution in [1.29, 1.82) is 0 Å². The molecule has 1 fully saturated rings. The first-order valence-corrected chi connectivity index (χ1v) is 13.6. The monoisotopic (exact) mass is 569 g/mol. The summed E-state index contributed by atoms with van der Waals surface area (Å²) in [7, 11) is 2.00. The van der Waals surface area contributed by atoms with E-state index in [-0.39, 0.29) is 23.4 Å². The normalized spacial score (nSPS) is 14.2. The third-order valence-electron chi connectivity index (χ3n) is 7.22. The molecule has 1 amide bonds. The molecule has 0 unspecified atom stereocenters. The Kier molecular flexibility index (Phi) is 8.67. The lowest BCUT2D eigenvalue weighted by molar-refractivity contribution is -0.138. The summed E-state index contributed by atoms with van der Waals surface area (Å²) >= 11 is 0. The topological polar surface area (TPSA) is 61.4 Å². The summed E-state index contributed by atoms with van der Waals surface area (Å²) in [6.07, 6.45) is -4.54. The quantitative estimate of drug-likeness (QED) is 0.305. The highest BCUT2D eigenvalue weighted by Crippen LogP contribution is 2.34. The summed E-state index contributed by atoms with van der Waals surface area (Å²) in [5.74, 6) is 5.49. The number of halogens is 3. The first-order valence-electron chi connectivity index (χ1n) is 13.6. The van der Waals surface area contributed by atoms with Crippen LogP contribution in [0.15, 0.2) is 78.9 Å². The highest BCUT2D eigenvalue weighted by Gasteiger charge is 2.34. The smallest absolute Gasteiger partial charge is 0.322 e. The second-order valence-electron chi connectivity index (χ2n) is 10.4. The van der Waals surface area contributed by atoms with Gasteiger partial charge < -0.3 is 10.2 Å². The van der Waals surface area contributed by atoms with E-state index < -0.39 is 17.6 Å². The van der Waals surface area contributed by atoms with Gasteiger partial charge in [0.15, 0.2) is 0 Å². The molecule has 0 bridgehead atoms. The van der Waals surface area contributed by atoms with Crippen molar-refractivity contribution in [3.05, 3.63) is 112 Å². The van der Waals surface area contributed by atoms with Gasteiger partial charge in [0.25, 0.3) is 5.91 Å². The largest absolute Gasteiger partial charge is 0.416 e. The zero-order valence-electron chi connectivity index (χ0n) is 23.4. The van der Waals surface area contributed by atoms with Crippen molar-refractivity contribution in [2.24, 2.45) is 0 Å². The Bertz CT molecular complexity index is 1620. The Morgan fingerprint density at radius 1 is 0.905 bits per heavy atom. The Morgan fingerprint density at radius 2 is 1.67 bits per heavy atom. The molecule has 42 heavy (non-hydrogen) atoms. The van der Waals surface area contributed by atoms with Crippen LogP contribution in [-0.4, -0.2) is 59.1 Å². The molecule has 1 saturated heterocycles. The number of rotatable bonds is 5. The van der Waals surface area contributed by atoms with Gasteiger partial charge in [0.1, 0.15) is 5.69 Å². The van der Waals surface area contributed by atoms with Crippen molar-refractivity contribution in [3.63, 3.8) is 0 Å². The van der Waals surface area contributed by atoms with E-state index in [1.54, 1.807) is 24.3 Å². The fourth-order valence-electron chi connectivity index (χ4n) is 4.70. The Hall–Kier alpha value is -4.52. The standard InChI is InChI=1S/C33H30F3N5O/c1-23-8-9-26(20-25(23)10-12-28-14-15-31(39-38-28)24-6-4-3-5-7-24)32(42)37-29-13-11-27(30(21-29)33(34,35)36)22-41-18-16-40(2)17-19-41/h3-9,11,13-15,20-21H,16-19,22H2,1-2H3,(H,37,42). The SMILES string of the molecule is Cc1ccc(C(=O)Nc2ccc(CN3CCN(C)CC3)c(C(F)(F)F)c2)cc1C#Cc1ccc(-c2ccccc2)nn1. The minimum atomic E-state index is -4.54. The molecule has 3 aromatic carbocycles. The number of anilines is 1. The summed E-state index contributed by atoms with van der Waals surface area (Å²) < 4.78 is 41.9. The van der Waals surface area contributed by atoms with Crippen LogP contribution >= 0.6 is 0 Å². The van der Waals surface area contributed by atoms with E-state index in [2.05, 4.69) is 32.3 Å². The summed E-state index contributed by atoms with van der Waals surface area (Å²) in [5.41, 5.74) is 3.42. The maximum atomic E-state index is 14.0. The van der Waals surface area contributed by atoms with Crippen LogP contribution in [0.5, 0.6) is 0 Å². The molecule has 0 atom stereocenters. The van der Waals surface area contributed by atoms with Gasteiger partial charge in [-0.15, -0.1) is 10.2 Å². The summed E-state index contributed by atoms with van der Waals surface area (Å²) in [4.78, 5) is 17.2. The lowest BCUT2D eigenvalue weighted by atomic mass is 10.0. The zero-order chi connectivity index (χ0) is 29.7. The van der Waals surface area contributed by atoms with Crippen LogP contribution in [0.3, 0.4) is 0 Å². The van der Waals surface area contributed by atoms with Crippen molar-refractivity contribution in [1.82, 2.24) is 20.0 Å². The third kappa shape index (κ3) is 7.21. The summed E-state index contributed by atoms with van der Waals surface area (Å²) in [5, 5.41) is 11.0. The number of nitrogens with zero attached hydrogens (tertiary/aromatic N) is 4. The van der Waals surface area contributed by atoms with Crippen molar-refractivity contribution >= 4 is 11.6 Å². The van der Waals surface area contributed by atoms with Gasteiger partial charge in [0.2, 0.25) is 0 Å². The number of aromatic nitrogens is 2. The van der Waals surface area contributed by atoms with Gasteiger partial charge >= 0.3 is 6.18 Å². The average Bonchev–Trinajstić information content (AvgIpc) is 2.99. The van der Waals surface area contributed by atoms with Crippen molar-refractivity contribution in [3.8, 4) is 23.1 Å². The average molecular weight is 570 g/mol. The fraction of sp³-hybridized carbons (Fsp3) is 0.242. The van der Waals surface area contributed by atoms with E-state index in [4.69, 9.17) is 0 Å². The predicted octanol–water partition coefficient (Wildman–Crippen LogP) is 5.87. The molecular weight excluding hydrogens is 539 g/mol. The molecule has 1 aliphatic heterocycles. The molecule has 1 N–H and O–H groups in total. The van der Waals surface area contributed by atoms with E-state index in [1.807, 2.05) is 55.3 Å². The molecule has 4 aromatic rings. The molecule has 0 saturated carbocycles. The summed E-state index contributed by atoms with van der Waals surface area (Å²) in [6, 6.07) is 22.3. The Labute approximate surface area is 243 Å². The molecule has 0 aliphatic carbocycles.